The van der Waals surface area contributed by atoms with Crippen LogP contribution in [0.5, 0.6) is 0 Å². The molecule has 1 aliphatic heterocycles. The van der Waals surface area contributed by atoms with E-state index in [1.54, 1.807) is 5.57 Å². The molecule has 0 amide bonds. The van der Waals surface area contributed by atoms with Gasteiger partial charge < -0.3 is 33.2 Å². The first-order valence-electron chi connectivity index (χ1n) is 22.0. The van der Waals surface area contributed by atoms with Crippen LogP contribution in [0.4, 0.5) is 0 Å². The predicted molar refractivity (Wildman–Crippen MR) is 227 cm³/mol. The molecule has 6 aliphatic rings. The molecule has 344 valence electrons. The van der Waals surface area contributed by atoms with Crippen molar-refractivity contribution in [2.75, 3.05) is 13.2 Å². The van der Waals surface area contributed by atoms with Gasteiger partial charge in [-0.15, -0.1) is 0 Å². The Hall–Kier alpha value is -2.12. The molecule has 6 rings (SSSR count). The van der Waals surface area contributed by atoms with E-state index in [0.29, 0.717) is 24.9 Å². The Balaban J connectivity index is 1.30. The second-order valence-corrected chi connectivity index (χ2v) is 23.4. The van der Waals surface area contributed by atoms with E-state index in [9.17, 15) is 24.0 Å². The normalized spacial score (nSPS) is 42.8. The fourth-order valence-corrected chi connectivity index (χ4v) is 13.6. The van der Waals surface area contributed by atoms with Gasteiger partial charge in [0.2, 0.25) is 0 Å². The van der Waals surface area contributed by atoms with Crippen LogP contribution in [-0.2, 0) is 57.1 Å². The van der Waals surface area contributed by atoms with E-state index >= 15 is 0 Å². The van der Waals surface area contributed by atoms with Gasteiger partial charge in [0.1, 0.15) is 12.7 Å². The Morgan fingerprint density at radius 3 is 1.95 bits per heavy atom. The molecule has 61 heavy (non-hydrogen) atoms. The van der Waals surface area contributed by atoms with E-state index in [4.69, 9.17) is 68.0 Å². The number of fused-ring (bicyclic) bond motifs is 7. The molecule has 1 saturated heterocycles. The summed E-state index contributed by atoms with van der Waals surface area (Å²) in [6.45, 7) is 21.9. The molecule has 0 aromatic carbocycles. The lowest BCUT2D eigenvalue weighted by Crippen LogP contribution is -2.66. The zero-order valence-electron chi connectivity index (χ0n) is 37.8. The number of rotatable bonds is 9. The van der Waals surface area contributed by atoms with Crippen molar-refractivity contribution in [3.8, 4) is 0 Å². The molecule has 0 spiro atoms. The third-order valence-electron chi connectivity index (χ3n) is 16.9. The van der Waals surface area contributed by atoms with Crippen LogP contribution in [-0.4, -0.2) is 83.7 Å². The number of esters is 5. The van der Waals surface area contributed by atoms with Crippen LogP contribution in [0.1, 0.15) is 140 Å². The Bertz CT molecular complexity index is 1780. The standard InChI is InChI=1S/C46H67Cl3O12/c1-25(50)55-23-31-35(57-27(3)52)36(58-28(4)53)37(61-39(54)46(47,48)49)38(59-31)60-34-15-16-43(9)32(40(34,5)6)14-17-45(11)33(43)13-12-29-30-22-41(7,24-56-26(2)51)18-19-42(30,8)20-21-44(29,45)10/h12,30-38H,13-24H2,1-11H3/t30-,31+,32-,33+,34-,35+,36-,37+,38+,41-,42+,43-,44+,45+/m0/s1. The second kappa shape index (κ2) is 17.0. The van der Waals surface area contributed by atoms with Gasteiger partial charge in [0, 0.05) is 33.1 Å². The van der Waals surface area contributed by atoms with Crippen molar-refractivity contribution in [1.82, 2.24) is 0 Å². The topological polar surface area (TPSA) is 150 Å². The molecule has 0 radical (unpaired) electrons. The fourth-order valence-electron chi connectivity index (χ4n) is 13.5. The van der Waals surface area contributed by atoms with E-state index in [1.165, 1.54) is 20.3 Å². The third kappa shape index (κ3) is 8.98. The largest absolute Gasteiger partial charge is 0.465 e. The lowest BCUT2D eigenvalue weighted by molar-refractivity contribution is -0.333. The summed E-state index contributed by atoms with van der Waals surface area (Å²) < 4.78 is 38.8. The highest BCUT2D eigenvalue weighted by Crippen LogP contribution is 2.76. The summed E-state index contributed by atoms with van der Waals surface area (Å²) in [7, 11) is 0. The maximum absolute atomic E-state index is 13.2. The maximum atomic E-state index is 13.2. The summed E-state index contributed by atoms with van der Waals surface area (Å²) in [5.41, 5.74) is 1.36. The highest BCUT2D eigenvalue weighted by atomic mass is 35.6. The molecular weight excluding hydrogens is 851 g/mol. The van der Waals surface area contributed by atoms with Crippen LogP contribution in [0.3, 0.4) is 0 Å². The molecule has 0 unspecified atom stereocenters. The van der Waals surface area contributed by atoms with Gasteiger partial charge in [0.25, 0.3) is 3.79 Å². The maximum Gasteiger partial charge on any atom is 0.359 e. The quantitative estimate of drug-likeness (QED) is 0.0714. The zero-order valence-corrected chi connectivity index (χ0v) is 40.1. The fraction of sp³-hybridized carbons (Fsp3) is 0.848. The highest BCUT2D eigenvalue weighted by Gasteiger charge is 2.69. The number of hydrogen-bond donors (Lipinski definition) is 0. The van der Waals surface area contributed by atoms with Gasteiger partial charge in [-0.25, -0.2) is 4.79 Å². The Morgan fingerprint density at radius 1 is 0.721 bits per heavy atom. The SMILES string of the molecule is CC(=O)OC[C@H]1O[C@H](O[C@H]2CC[C@]3(C)[C@H]4CC=C5[C@@H]6C[C@@](C)(COC(C)=O)CC[C@]6(C)CC[C@@]5(C)[C@]4(C)CC[C@H]3C2(C)C)[C@H](OC(=O)C(Cl)(Cl)Cl)[C@@H](OC(C)=O)[C@@H]1OC(C)=O. The average Bonchev–Trinajstić information content (AvgIpc) is 3.13. The van der Waals surface area contributed by atoms with Crippen molar-refractivity contribution in [2.24, 2.45) is 50.2 Å². The Morgan fingerprint density at radius 2 is 1.34 bits per heavy atom. The molecule has 15 heteroatoms. The van der Waals surface area contributed by atoms with Gasteiger partial charge in [-0.3, -0.25) is 19.2 Å². The van der Waals surface area contributed by atoms with Gasteiger partial charge in [-0.2, -0.15) is 0 Å². The lowest BCUT2D eigenvalue weighted by atomic mass is 9.33. The highest BCUT2D eigenvalue weighted by molar-refractivity contribution is 6.75. The van der Waals surface area contributed by atoms with Crippen LogP contribution in [0.15, 0.2) is 11.6 Å². The molecular formula is C46H67Cl3O12. The zero-order chi connectivity index (χ0) is 45.3. The van der Waals surface area contributed by atoms with E-state index in [2.05, 4.69) is 54.5 Å². The number of hydrogen-bond acceptors (Lipinski definition) is 12. The first-order valence-corrected chi connectivity index (χ1v) is 23.1. The van der Waals surface area contributed by atoms with Crippen molar-refractivity contribution < 1.29 is 57.1 Å². The number of carbonyl (C=O) groups excluding carboxylic acids is 5. The Kier molecular flexibility index (Phi) is 13.5. The number of carbonyl (C=O) groups is 5. The van der Waals surface area contributed by atoms with Crippen molar-refractivity contribution in [1.29, 1.82) is 0 Å². The minimum absolute atomic E-state index is 0.0158. The lowest BCUT2D eigenvalue weighted by Gasteiger charge is -2.71. The van der Waals surface area contributed by atoms with Gasteiger partial charge >= 0.3 is 29.8 Å². The van der Waals surface area contributed by atoms with Crippen LogP contribution in [0.2, 0.25) is 0 Å². The molecule has 0 aromatic heterocycles. The van der Waals surface area contributed by atoms with Crippen molar-refractivity contribution in [2.45, 2.75) is 181 Å². The molecule has 5 fully saturated rings. The summed E-state index contributed by atoms with van der Waals surface area (Å²) >= 11 is 17.9. The van der Waals surface area contributed by atoms with Gasteiger partial charge in [0.15, 0.2) is 24.6 Å². The minimum Gasteiger partial charge on any atom is -0.465 e. The smallest absolute Gasteiger partial charge is 0.359 e. The van der Waals surface area contributed by atoms with Gasteiger partial charge in [-0.05, 0) is 109 Å². The molecule has 0 N–H and O–H groups in total. The van der Waals surface area contributed by atoms with E-state index in [1.807, 2.05) is 0 Å². The molecule has 0 aromatic rings. The van der Waals surface area contributed by atoms with Crippen LogP contribution >= 0.6 is 34.8 Å². The van der Waals surface area contributed by atoms with E-state index in [-0.39, 0.29) is 45.6 Å². The van der Waals surface area contributed by atoms with Crippen molar-refractivity contribution >= 4 is 64.6 Å². The Labute approximate surface area is 376 Å². The monoisotopic (exact) mass is 916 g/mol. The summed E-state index contributed by atoms with van der Waals surface area (Å²) in [6.07, 6.45) is 5.22. The first-order chi connectivity index (χ1) is 28.1. The van der Waals surface area contributed by atoms with E-state index in [0.717, 1.165) is 65.2 Å². The number of alkyl halides is 3. The number of ether oxygens (including phenoxy) is 7. The molecule has 0 bridgehead atoms. The molecule has 14 atom stereocenters. The minimum atomic E-state index is -2.51. The number of halogens is 3. The molecule has 5 aliphatic carbocycles. The van der Waals surface area contributed by atoms with E-state index < -0.39 is 69.9 Å². The molecule has 12 nitrogen and oxygen atoms in total. The van der Waals surface area contributed by atoms with Crippen molar-refractivity contribution in [3.63, 3.8) is 0 Å². The van der Waals surface area contributed by atoms with Gasteiger partial charge in [0.05, 0.1) is 12.7 Å². The number of allylic oxidation sites excluding steroid dienone is 2. The van der Waals surface area contributed by atoms with Gasteiger partial charge in [-0.1, -0.05) is 94.9 Å². The summed E-state index contributed by atoms with van der Waals surface area (Å²) in [5.74, 6) is -2.57. The van der Waals surface area contributed by atoms with Crippen LogP contribution in [0, 0.1) is 50.2 Å². The molecule has 1 heterocycles. The summed E-state index contributed by atoms with van der Waals surface area (Å²) in [5, 5.41) is 0. The van der Waals surface area contributed by atoms with Crippen molar-refractivity contribution in [3.05, 3.63) is 11.6 Å². The average molecular weight is 918 g/mol. The summed E-state index contributed by atoms with van der Waals surface area (Å²) in [4.78, 5) is 62.0. The first kappa shape index (κ1) is 48.3. The summed E-state index contributed by atoms with van der Waals surface area (Å²) in [6, 6.07) is 0. The predicted octanol–water partition coefficient (Wildman–Crippen LogP) is 9.17. The molecule has 4 saturated carbocycles. The third-order valence-corrected chi connectivity index (χ3v) is 17.4. The van der Waals surface area contributed by atoms with Crippen LogP contribution < -0.4 is 0 Å². The van der Waals surface area contributed by atoms with Crippen LogP contribution in [0.25, 0.3) is 0 Å². The second-order valence-electron chi connectivity index (χ2n) is 21.1.